The monoisotopic (exact) mass is 514 g/mol. The molecule has 9 nitrogen and oxygen atoms in total. The molecule has 1 aromatic heterocycles. The van der Waals surface area contributed by atoms with E-state index in [1.807, 2.05) is 6.92 Å². The minimum Gasteiger partial charge on any atom is -0.383 e. The lowest BCUT2D eigenvalue weighted by Gasteiger charge is -2.28. The molecule has 3 rings (SSSR count). The van der Waals surface area contributed by atoms with Crippen molar-refractivity contribution in [3.63, 3.8) is 0 Å². The number of urea groups is 1. The van der Waals surface area contributed by atoms with E-state index in [-0.39, 0.29) is 18.3 Å². The number of alkyl halides is 3. The molecule has 0 unspecified atom stereocenters. The van der Waals surface area contributed by atoms with Crippen molar-refractivity contribution in [3.05, 3.63) is 48.2 Å². The van der Waals surface area contributed by atoms with E-state index in [2.05, 4.69) is 10.3 Å². The Morgan fingerprint density at radius 3 is 2.34 bits per heavy atom. The number of carbonyl (C=O) groups excluding carboxylic acids is 2. The number of rotatable bonds is 8. The summed E-state index contributed by atoms with van der Waals surface area (Å²) in [7, 11) is -3.98. The Morgan fingerprint density at radius 2 is 1.77 bits per heavy atom. The molecule has 1 aliphatic rings. The third kappa shape index (κ3) is 5.10. The van der Waals surface area contributed by atoms with Crippen molar-refractivity contribution in [2.75, 3.05) is 23.9 Å². The number of hydrogen-bond donors (Lipinski definition) is 1. The van der Waals surface area contributed by atoms with Crippen LogP contribution in [0.1, 0.15) is 26.3 Å². The predicted octanol–water partition coefficient (Wildman–Crippen LogP) is 3.57. The van der Waals surface area contributed by atoms with Crippen molar-refractivity contribution in [1.82, 2.24) is 9.88 Å². The fourth-order valence-electron chi connectivity index (χ4n) is 3.61. The van der Waals surface area contributed by atoms with Crippen LogP contribution in [0.3, 0.4) is 0 Å². The summed E-state index contributed by atoms with van der Waals surface area (Å²) >= 11 is 0. The van der Waals surface area contributed by atoms with Crippen molar-refractivity contribution in [3.8, 4) is 0 Å². The zero-order valence-electron chi connectivity index (χ0n) is 19.5. The highest BCUT2D eigenvalue weighted by molar-refractivity contribution is 7.92. The number of nitrogens with one attached hydrogen (secondary N) is 1. The van der Waals surface area contributed by atoms with Gasteiger partial charge in [-0.1, -0.05) is 0 Å². The topological polar surface area (TPSA) is 109 Å². The fourth-order valence-corrected chi connectivity index (χ4v) is 4.38. The number of methoxy groups -OCH3 is 1. The van der Waals surface area contributed by atoms with Crippen LogP contribution in [-0.2, 0) is 25.9 Å². The largest absolute Gasteiger partial charge is 0.501 e. The molecule has 2 heterocycles. The first-order chi connectivity index (χ1) is 16.2. The van der Waals surface area contributed by atoms with Crippen LogP contribution in [0.15, 0.2) is 47.5 Å². The number of anilines is 2. The second-order valence-corrected chi connectivity index (χ2v) is 10.5. The highest BCUT2D eigenvalue weighted by atomic mass is 32.2. The maximum absolute atomic E-state index is 13.2. The lowest BCUT2D eigenvalue weighted by atomic mass is 10.0. The molecule has 1 fully saturated rings. The molecule has 1 aromatic carbocycles. The van der Waals surface area contributed by atoms with Crippen LogP contribution in [0, 0.1) is 0 Å². The zero-order valence-corrected chi connectivity index (χ0v) is 20.3. The number of imide groups is 1. The highest BCUT2D eigenvalue weighted by Gasteiger charge is 2.52. The quantitative estimate of drug-likeness (QED) is 0.537. The number of pyridine rings is 1. The van der Waals surface area contributed by atoms with E-state index in [4.69, 9.17) is 4.74 Å². The zero-order chi connectivity index (χ0) is 26.2. The second-order valence-electron chi connectivity index (χ2n) is 8.56. The van der Waals surface area contributed by atoms with Crippen molar-refractivity contribution in [2.45, 2.75) is 49.3 Å². The maximum Gasteiger partial charge on any atom is 0.501 e. The van der Waals surface area contributed by atoms with Crippen molar-refractivity contribution in [1.29, 1.82) is 0 Å². The van der Waals surface area contributed by atoms with Gasteiger partial charge in [0, 0.05) is 25.9 Å². The molecule has 35 heavy (non-hydrogen) atoms. The SMILES string of the molecule is COC[C@@H](C)Nc1cc(CN2C(=O)N(c3ccc(S(=O)(=O)C(F)(F)F)cc3)C(=O)C2(C)C)ccn1. The summed E-state index contributed by atoms with van der Waals surface area (Å²) in [6.45, 7) is 5.53. The highest BCUT2D eigenvalue weighted by Crippen LogP contribution is 2.35. The van der Waals surface area contributed by atoms with Gasteiger partial charge < -0.3 is 15.0 Å². The van der Waals surface area contributed by atoms with Crippen LogP contribution in [0.2, 0.25) is 0 Å². The number of hydrogen-bond acceptors (Lipinski definition) is 7. The summed E-state index contributed by atoms with van der Waals surface area (Å²) in [5.74, 6) is -0.0452. The number of nitrogens with zero attached hydrogens (tertiary/aromatic N) is 3. The summed E-state index contributed by atoms with van der Waals surface area (Å²) in [6.07, 6.45) is 1.56. The Hall–Kier alpha value is -3.19. The third-order valence-corrected chi connectivity index (χ3v) is 7.01. The van der Waals surface area contributed by atoms with Gasteiger partial charge in [-0.15, -0.1) is 0 Å². The lowest BCUT2D eigenvalue weighted by molar-refractivity contribution is -0.123. The minimum atomic E-state index is -5.55. The molecule has 0 spiro atoms. The Labute approximate surface area is 200 Å². The van der Waals surface area contributed by atoms with E-state index in [1.165, 1.54) is 4.90 Å². The molecular formula is C22H25F3N4O5S. The standard InChI is InChI=1S/C22H25F3N4O5S/c1-14(13-34-4)27-18-11-15(9-10-26-18)12-28-20(31)29(19(30)21(28,2)3)16-5-7-17(8-6-16)35(32,33)22(23,24)25/h5-11,14H,12-13H2,1-4H3,(H,26,27)/t14-/m1/s1. The van der Waals surface area contributed by atoms with Crippen LogP contribution in [0.4, 0.5) is 29.5 Å². The van der Waals surface area contributed by atoms with E-state index in [0.29, 0.717) is 18.0 Å². The van der Waals surface area contributed by atoms with Gasteiger partial charge in [-0.3, -0.25) is 4.79 Å². The van der Waals surface area contributed by atoms with Crippen molar-refractivity contribution >= 4 is 33.3 Å². The van der Waals surface area contributed by atoms with E-state index in [0.717, 1.165) is 29.2 Å². The number of sulfone groups is 1. The molecule has 0 radical (unpaired) electrons. The number of aromatic nitrogens is 1. The summed E-state index contributed by atoms with van der Waals surface area (Å²) in [6, 6.07) is 6.16. The molecule has 0 aliphatic carbocycles. The molecule has 3 amide bonds. The van der Waals surface area contributed by atoms with Crippen molar-refractivity contribution < 1.29 is 35.9 Å². The Bertz CT molecular complexity index is 1220. The maximum atomic E-state index is 13.2. The van der Waals surface area contributed by atoms with Gasteiger partial charge in [-0.25, -0.2) is 23.1 Å². The van der Waals surface area contributed by atoms with Crippen molar-refractivity contribution in [2.24, 2.45) is 0 Å². The van der Waals surface area contributed by atoms with Crippen LogP contribution in [0.5, 0.6) is 0 Å². The first-order valence-electron chi connectivity index (χ1n) is 10.5. The number of halogens is 3. The molecule has 1 atom stereocenters. The fraction of sp³-hybridized carbons (Fsp3) is 0.409. The summed E-state index contributed by atoms with van der Waals surface area (Å²) in [4.78, 5) is 31.7. The smallest absolute Gasteiger partial charge is 0.383 e. The van der Waals surface area contributed by atoms with Gasteiger partial charge in [0.2, 0.25) is 0 Å². The molecule has 0 saturated carbocycles. The molecular weight excluding hydrogens is 489 g/mol. The van der Waals surface area contributed by atoms with Crippen LogP contribution in [0.25, 0.3) is 0 Å². The Morgan fingerprint density at radius 1 is 1.14 bits per heavy atom. The molecule has 0 bridgehead atoms. The molecule has 1 N–H and O–H groups in total. The number of ether oxygens (including phenoxy) is 1. The van der Waals surface area contributed by atoms with Gasteiger partial charge in [-0.2, -0.15) is 13.2 Å². The average molecular weight is 515 g/mol. The van der Waals surface area contributed by atoms with Gasteiger partial charge in [0.05, 0.1) is 17.2 Å². The van der Waals surface area contributed by atoms with Gasteiger partial charge in [0.15, 0.2) is 0 Å². The first kappa shape index (κ1) is 26.4. The van der Waals surface area contributed by atoms with Gasteiger partial charge in [0.25, 0.3) is 15.7 Å². The van der Waals surface area contributed by atoms with Crippen LogP contribution < -0.4 is 10.2 Å². The van der Waals surface area contributed by atoms with Gasteiger partial charge in [0.1, 0.15) is 11.4 Å². The van der Waals surface area contributed by atoms with E-state index < -0.39 is 37.7 Å². The molecule has 13 heteroatoms. The van der Waals surface area contributed by atoms with Gasteiger partial charge >= 0.3 is 11.5 Å². The normalized spacial score (nSPS) is 17.1. The van der Waals surface area contributed by atoms with Gasteiger partial charge in [-0.05, 0) is 62.7 Å². The van der Waals surface area contributed by atoms with Crippen LogP contribution in [-0.4, -0.2) is 61.0 Å². The second kappa shape index (κ2) is 9.46. The van der Waals surface area contributed by atoms with E-state index >= 15 is 0 Å². The minimum absolute atomic E-state index is 0.0196. The summed E-state index contributed by atoms with van der Waals surface area (Å²) in [5, 5.41) is 3.17. The first-order valence-corrected chi connectivity index (χ1v) is 12.0. The van der Waals surface area contributed by atoms with E-state index in [9.17, 15) is 31.2 Å². The molecule has 1 aliphatic heterocycles. The number of benzene rings is 1. The van der Waals surface area contributed by atoms with E-state index in [1.54, 1.807) is 39.3 Å². The molecule has 1 saturated heterocycles. The Kier molecular flexibility index (Phi) is 7.14. The summed E-state index contributed by atoms with van der Waals surface area (Å²) in [5.41, 5.74) is -6.09. The number of amides is 3. The molecule has 2 aromatic rings. The lowest BCUT2D eigenvalue weighted by Crippen LogP contribution is -2.43. The molecule has 190 valence electrons. The van der Waals surface area contributed by atoms with Crippen LogP contribution >= 0.6 is 0 Å². The Balaban J connectivity index is 1.85. The number of carbonyl (C=O) groups is 2. The summed E-state index contributed by atoms with van der Waals surface area (Å²) < 4.78 is 66.7. The predicted molar refractivity (Wildman–Crippen MR) is 121 cm³/mol. The average Bonchev–Trinajstić information content (AvgIpc) is 2.93. The third-order valence-electron chi connectivity index (χ3n) is 5.51.